The van der Waals surface area contributed by atoms with Crippen LogP contribution in [0.2, 0.25) is 0 Å². The number of aromatic nitrogens is 1. The lowest BCUT2D eigenvalue weighted by atomic mass is 10.0. The molecule has 1 heterocycles. The van der Waals surface area contributed by atoms with Gasteiger partial charge >= 0.3 is 5.97 Å². The van der Waals surface area contributed by atoms with Crippen LogP contribution >= 0.6 is 0 Å². The lowest BCUT2D eigenvalue weighted by Gasteiger charge is -2.10. The lowest BCUT2D eigenvalue weighted by molar-refractivity contribution is 0.0597. The molecular weight excluding hydrogens is 270 g/mol. The Balaban J connectivity index is 2.53. The van der Waals surface area contributed by atoms with Gasteiger partial charge in [-0.3, -0.25) is 4.79 Å². The van der Waals surface area contributed by atoms with Gasteiger partial charge in [0.15, 0.2) is 5.69 Å². The second-order valence-corrected chi connectivity index (χ2v) is 4.43. The first-order valence-electron chi connectivity index (χ1n) is 6.31. The molecule has 0 aliphatic carbocycles. The lowest BCUT2D eigenvalue weighted by Crippen LogP contribution is -2.13. The van der Waals surface area contributed by atoms with Gasteiger partial charge in [0.2, 0.25) is 5.78 Å². The summed E-state index contributed by atoms with van der Waals surface area (Å²) < 4.78 is 9.89. The van der Waals surface area contributed by atoms with Gasteiger partial charge in [-0.1, -0.05) is 18.2 Å². The van der Waals surface area contributed by atoms with E-state index < -0.39 is 5.97 Å². The molecule has 0 amide bonds. The van der Waals surface area contributed by atoms with Crippen LogP contribution in [0.1, 0.15) is 32.0 Å². The zero-order chi connectivity index (χ0) is 15.4. The molecule has 0 aliphatic rings. The molecule has 5 heteroatoms. The van der Waals surface area contributed by atoms with Crippen LogP contribution < -0.4 is 4.74 Å². The molecule has 0 unspecified atom stereocenters. The first-order valence-corrected chi connectivity index (χ1v) is 6.31. The topological polar surface area (TPSA) is 65.5 Å². The van der Waals surface area contributed by atoms with Crippen molar-refractivity contribution in [3.63, 3.8) is 0 Å². The molecule has 108 valence electrons. The number of ketones is 1. The Bertz CT molecular complexity index is 694. The number of nitrogens with zero attached hydrogens (tertiary/aromatic N) is 1. The van der Waals surface area contributed by atoms with Crippen LogP contribution in [0.25, 0.3) is 0 Å². The molecule has 0 spiro atoms. The maximum atomic E-state index is 12.6. The van der Waals surface area contributed by atoms with Gasteiger partial charge in [0.1, 0.15) is 5.75 Å². The summed E-state index contributed by atoms with van der Waals surface area (Å²) in [7, 11) is 2.74. The number of methoxy groups -OCH3 is 2. The summed E-state index contributed by atoms with van der Waals surface area (Å²) in [6, 6.07) is 8.18. The summed E-state index contributed by atoms with van der Waals surface area (Å²) in [5, 5.41) is 0. The average Bonchev–Trinajstić information content (AvgIpc) is 2.53. The van der Waals surface area contributed by atoms with E-state index in [1.165, 1.54) is 14.2 Å². The Morgan fingerprint density at radius 3 is 2.38 bits per heavy atom. The van der Waals surface area contributed by atoms with Gasteiger partial charge in [0, 0.05) is 11.8 Å². The predicted octanol–water partition coefficient (Wildman–Crippen LogP) is 2.42. The fourth-order valence-corrected chi connectivity index (χ4v) is 1.97. The third-order valence-corrected chi connectivity index (χ3v) is 3.00. The summed E-state index contributed by atoms with van der Waals surface area (Å²) in [6.07, 6.45) is 1.58. The van der Waals surface area contributed by atoms with Crippen molar-refractivity contribution in [1.82, 2.24) is 4.98 Å². The molecule has 0 saturated carbocycles. The highest BCUT2D eigenvalue weighted by Crippen LogP contribution is 2.22. The van der Waals surface area contributed by atoms with E-state index in [1.807, 2.05) is 6.92 Å². The van der Waals surface area contributed by atoms with Crippen molar-refractivity contribution in [2.75, 3.05) is 14.2 Å². The van der Waals surface area contributed by atoms with Crippen LogP contribution in [-0.4, -0.2) is 31.0 Å². The molecule has 0 aliphatic heterocycles. The fourth-order valence-electron chi connectivity index (χ4n) is 1.97. The van der Waals surface area contributed by atoms with E-state index in [0.29, 0.717) is 5.75 Å². The number of carbonyl (C=O) groups is 2. The van der Waals surface area contributed by atoms with Crippen LogP contribution in [-0.2, 0) is 4.74 Å². The fraction of sp³-hybridized carbons (Fsp3) is 0.188. The Hall–Kier alpha value is -2.69. The van der Waals surface area contributed by atoms with Gasteiger partial charge in [-0.15, -0.1) is 0 Å². The number of rotatable bonds is 4. The highest BCUT2D eigenvalue weighted by atomic mass is 16.5. The van der Waals surface area contributed by atoms with Crippen LogP contribution in [0, 0.1) is 6.92 Å². The molecule has 0 bridgehead atoms. The Kier molecular flexibility index (Phi) is 4.33. The minimum Gasteiger partial charge on any atom is -0.494 e. The molecule has 5 nitrogen and oxygen atoms in total. The van der Waals surface area contributed by atoms with Crippen molar-refractivity contribution >= 4 is 11.8 Å². The minimum absolute atomic E-state index is 0.166. The number of benzene rings is 1. The smallest absolute Gasteiger partial charge is 0.338 e. The zero-order valence-corrected chi connectivity index (χ0v) is 12.0. The number of ether oxygens (including phenoxy) is 2. The van der Waals surface area contributed by atoms with E-state index in [9.17, 15) is 9.59 Å². The average molecular weight is 285 g/mol. The molecule has 0 fully saturated rings. The predicted molar refractivity (Wildman–Crippen MR) is 76.7 cm³/mol. The van der Waals surface area contributed by atoms with E-state index in [2.05, 4.69) is 4.98 Å². The van der Waals surface area contributed by atoms with Gasteiger partial charge in [0.25, 0.3) is 0 Å². The van der Waals surface area contributed by atoms with Gasteiger partial charge < -0.3 is 9.47 Å². The van der Waals surface area contributed by atoms with Crippen molar-refractivity contribution < 1.29 is 19.1 Å². The van der Waals surface area contributed by atoms with E-state index >= 15 is 0 Å². The summed E-state index contributed by atoms with van der Waals surface area (Å²) in [5.74, 6) is -0.572. The standard InChI is InChI=1S/C16H15NO4/c1-10-8-13(20-2)14(17-9-10)15(18)11-6-4-5-7-12(11)16(19)21-3/h4-9H,1-3H3. The SMILES string of the molecule is COC(=O)c1ccccc1C(=O)c1ncc(C)cc1OC. The second-order valence-electron chi connectivity index (χ2n) is 4.43. The van der Waals surface area contributed by atoms with E-state index in [1.54, 1.807) is 36.5 Å². The van der Waals surface area contributed by atoms with Crippen molar-refractivity contribution in [3.05, 3.63) is 58.9 Å². The molecule has 0 N–H and O–H groups in total. The molecule has 2 rings (SSSR count). The molecule has 21 heavy (non-hydrogen) atoms. The van der Waals surface area contributed by atoms with Gasteiger partial charge in [-0.25, -0.2) is 9.78 Å². The third kappa shape index (κ3) is 2.91. The van der Waals surface area contributed by atoms with Gasteiger partial charge in [-0.05, 0) is 24.6 Å². The quantitative estimate of drug-likeness (QED) is 0.637. The normalized spacial score (nSPS) is 10.0. The van der Waals surface area contributed by atoms with Crippen molar-refractivity contribution in [3.8, 4) is 5.75 Å². The summed E-state index contributed by atoms with van der Waals surface area (Å²) in [5.41, 5.74) is 1.48. The number of aryl methyl sites for hydroxylation is 1. The molecule has 1 aromatic heterocycles. The first kappa shape index (κ1) is 14.7. The molecule has 1 aromatic carbocycles. The highest BCUT2D eigenvalue weighted by Gasteiger charge is 2.22. The van der Waals surface area contributed by atoms with Gasteiger partial charge in [0.05, 0.1) is 19.8 Å². The molecule has 0 atom stereocenters. The maximum Gasteiger partial charge on any atom is 0.338 e. The Labute approximate surface area is 122 Å². The van der Waals surface area contributed by atoms with Crippen molar-refractivity contribution in [2.45, 2.75) is 6.92 Å². The number of pyridine rings is 1. The number of carbonyl (C=O) groups excluding carboxylic acids is 2. The van der Waals surface area contributed by atoms with E-state index in [-0.39, 0.29) is 22.6 Å². The highest BCUT2D eigenvalue weighted by molar-refractivity contribution is 6.14. The van der Waals surface area contributed by atoms with E-state index in [4.69, 9.17) is 9.47 Å². The number of hydrogen-bond donors (Lipinski definition) is 0. The molecule has 0 saturated heterocycles. The van der Waals surface area contributed by atoms with Crippen LogP contribution in [0.5, 0.6) is 5.75 Å². The van der Waals surface area contributed by atoms with Crippen LogP contribution in [0.15, 0.2) is 36.5 Å². The summed E-state index contributed by atoms with van der Waals surface area (Å²) in [6.45, 7) is 1.85. The molecular formula is C16H15NO4. The van der Waals surface area contributed by atoms with Crippen LogP contribution in [0.4, 0.5) is 0 Å². The van der Waals surface area contributed by atoms with Crippen LogP contribution in [0.3, 0.4) is 0 Å². The third-order valence-electron chi connectivity index (χ3n) is 3.00. The van der Waals surface area contributed by atoms with Gasteiger partial charge in [-0.2, -0.15) is 0 Å². The summed E-state index contributed by atoms with van der Waals surface area (Å²) in [4.78, 5) is 28.5. The number of hydrogen-bond acceptors (Lipinski definition) is 5. The molecule has 2 aromatic rings. The first-order chi connectivity index (χ1) is 10.1. The van der Waals surface area contributed by atoms with Crippen molar-refractivity contribution in [1.29, 1.82) is 0 Å². The Morgan fingerprint density at radius 2 is 1.76 bits per heavy atom. The van der Waals surface area contributed by atoms with Crippen molar-refractivity contribution in [2.24, 2.45) is 0 Å². The minimum atomic E-state index is -0.565. The van der Waals surface area contributed by atoms with E-state index in [0.717, 1.165) is 5.56 Å². The molecule has 0 radical (unpaired) electrons. The summed E-state index contributed by atoms with van der Waals surface area (Å²) >= 11 is 0. The maximum absolute atomic E-state index is 12.6. The number of esters is 1. The Morgan fingerprint density at radius 1 is 1.10 bits per heavy atom. The second kappa shape index (κ2) is 6.17. The monoisotopic (exact) mass is 285 g/mol. The largest absolute Gasteiger partial charge is 0.494 e. The zero-order valence-electron chi connectivity index (χ0n) is 12.0.